The number of carbonyl (C=O) groups excluding carboxylic acids is 1. The number of carbonyl (C=O) groups is 1. The molecule has 3 nitrogen and oxygen atoms in total. The van der Waals surface area contributed by atoms with Crippen LogP contribution in [0, 0.1) is 5.92 Å². The fraction of sp³-hybridized carbons (Fsp3) is 0.533. The maximum absolute atomic E-state index is 11.5. The van der Waals surface area contributed by atoms with Crippen LogP contribution >= 0.6 is 0 Å². The summed E-state index contributed by atoms with van der Waals surface area (Å²) in [5.41, 5.74) is 1.79. The molecule has 0 spiro atoms. The molecule has 1 aliphatic rings. The van der Waals surface area contributed by atoms with E-state index in [1.807, 2.05) is 12.1 Å². The van der Waals surface area contributed by atoms with Crippen molar-refractivity contribution in [2.24, 2.45) is 5.92 Å². The molecule has 0 bridgehead atoms. The molecule has 0 aliphatic heterocycles. The van der Waals surface area contributed by atoms with E-state index in [9.17, 15) is 4.79 Å². The number of rotatable bonds is 5. The average molecular weight is 247 g/mol. The zero-order valence-corrected chi connectivity index (χ0v) is 11.3. The third-order valence-corrected chi connectivity index (χ3v) is 3.78. The summed E-state index contributed by atoms with van der Waals surface area (Å²) in [6.45, 7) is 3.16. The first kappa shape index (κ1) is 13.1. The highest BCUT2D eigenvalue weighted by atomic mass is 16.5. The summed E-state index contributed by atoms with van der Waals surface area (Å²) in [6, 6.07) is 8.30. The van der Waals surface area contributed by atoms with Gasteiger partial charge >= 0.3 is 5.97 Å². The summed E-state index contributed by atoms with van der Waals surface area (Å²) in [5.74, 6) is 0.591. The van der Waals surface area contributed by atoms with Crippen molar-refractivity contribution in [2.75, 3.05) is 14.2 Å². The summed E-state index contributed by atoms with van der Waals surface area (Å²) in [7, 11) is 3.56. The van der Waals surface area contributed by atoms with Crippen LogP contribution in [0.25, 0.3) is 0 Å². The van der Waals surface area contributed by atoms with Gasteiger partial charge in [0, 0.05) is 12.6 Å². The number of esters is 1. The van der Waals surface area contributed by atoms with Crippen LogP contribution < -0.4 is 0 Å². The van der Waals surface area contributed by atoms with Crippen LogP contribution in [-0.4, -0.2) is 31.1 Å². The van der Waals surface area contributed by atoms with E-state index in [1.165, 1.54) is 20.0 Å². The monoisotopic (exact) mass is 247 g/mol. The summed E-state index contributed by atoms with van der Waals surface area (Å²) < 4.78 is 4.74. The van der Waals surface area contributed by atoms with Crippen LogP contribution in [0.2, 0.25) is 0 Å². The molecule has 1 aromatic carbocycles. The maximum atomic E-state index is 11.5. The lowest BCUT2D eigenvalue weighted by molar-refractivity contribution is 0.0600. The number of hydrogen-bond acceptors (Lipinski definition) is 3. The van der Waals surface area contributed by atoms with Gasteiger partial charge in [-0.15, -0.1) is 0 Å². The zero-order valence-electron chi connectivity index (χ0n) is 11.3. The van der Waals surface area contributed by atoms with Crippen LogP contribution in [0.5, 0.6) is 0 Å². The predicted octanol–water partition coefficient (Wildman–Crippen LogP) is 2.70. The first-order valence-corrected chi connectivity index (χ1v) is 6.49. The Balaban J connectivity index is 2.02. The second-order valence-corrected chi connectivity index (χ2v) is 5.19. The molecule has 1 aromatic rings. The average Bonchev–Trinajstić information content (AvgIpc) is 3.21. The Morgan fingerprint density at radius 3 is 2.83 bits per heavy atom. The van der Waals surface area contributed by atoms with Gasteiger partial charge < -0.3 is 4.74 Å². The molecule has 1 atom stereocenters. The highest BCUT2D eigenvalue weighted by molar-refractivity contribution is 5.89. The highest BCUT2D eigenvalue weighted by Crippen LogP contribution is 2.35. The Morgan fingerprint density at radius 2 is 2.22 bits per heavy atom. The standard InChI is InChI=1S/C15H21NO2/c1-11(13-7-8-13)16(2)10-12-5-4-6-14(9-12)15(17)18-3/h4-6,9,11,13H,7-8,10H2,1-3H3. The van der Waals surface area contributed by atoms with Crippen molar-refractivity contribution < 1.29 is 9.53 Å². The maximum Gasteiger partial charge on any atom is 0.337 e. The molecule has 0 radical (unpaired) electrons. The normalized spacial score (nSPS) is 16.7. The SMILES string of the molecule is COC(=O)c1cccc(CN(C)C(C)C2CC2)c1. The minimum Gasteiger partial charge on any atom is -0.465 e. The number of ether oxygens (including phenoxy) is 1. The van der Waals surface area contributed by atoms with Gasteiger partial charge in [0.05, 0.1) is 12.7 Å². The van der Waals surface area contributed by atoms with Crippen molar-refractivity contribution in [3.8, 4) is 0 Å². The van der Waals surface area contributed by atoms with Gasteiger partial charge in [0.2, 0.25) is 0 Å². The number of hydrogen-bond donors (Lipinski definition) is 0. The zero-order chi connectivity index (χ0) is 13.1. The molecule has 3 heteroatoms. The van der Waals surface area contributed by atoms with Gasteiger partial charge in [-0.25, -0.2) is 4.79 Å². The third kappa shape index (κ3) is 3.10. The number of methoxy groups -OCH3 is 1. The second kappa shape index (κ2) is 5.53. The smallest absolute Gasteiger partial charge is 0.337 e. The van der Waals surface area contributed by atoms with E-state index in [0.717, 1.165) is 18.0 Å². The lowest BCUT2D eigenvalue weighted by Crippen LogP contribution is -2.30. The Morgan fingerprint density at radius 1 is 1.50 bits per heavy atom. The molecular formula is C15H21NO2. The Hall–Kier alpha value is -1.35. The van der Waals surface area contributed by atoms with Crippen LogP contribution in [0.4, 0.5) is 0 Å². The van der Waals surface area contributed by atoms with E-state index in [1.54, 1.807) is 6.07 Å². The molecule has 0 heterocycles. The second-order valence-electron chi connectivity index (χ2n) is 5.19. The molecule has 1 saturated carbocycles. The van der Waals surface area contributed by atoms with Gasteiger partial charge in [0.1, 0.15) is 0 Å². The topological polar surface area (TPSA) is 29.5 Å². The molecule has 0 saturated heterocycles. The molecule has 0 amide bonds. The predicted molar refractivity (Wildman–Crippen MR) is 71.4 cm³/mol. The first-order valence-electron chi connectivity index (χ1n) is 6.49. The van der Waals surface area contributed by atoms with Crippen molar-refractivity contribution in [1.29, 1.82) is 0 Å². The number of nitrogens with zero attached hydrogens (tertiary/aromatic N) is 1. The molecule has 0 aromatic heterocycles. The van der Waals surface area contributed by atoms with E-state index < -0.39 is 0 Å². The Kier molecular flexibility index (Phi) is 4.02. The van der Waals surface area contributed by atoms with Crippen molar-refractivity contribution in [2.45, 2.75) is 32.4 Å². The third-order valence-electron chi connectivity index (χ3n) is 3.78. The molecule has 18 heavy (non-hydrogen) atoms. The van der Waals surface area contributed by atoms with Gasteiger partial charge in [0.25, 0.3) is 0 Å². The van der Waals surface area contributed by atoms with Crippen LogP contribution in [0.3, 0.4) is 0 Å². The van der Waals surface area contributed by atoms with Gasteiger partial charge in [-0.1, -0.05) is 12.1 Å². The van der Waals surface area contributed by atoms with Gasteiger partial charge in [0.15, 0.2) is 0 Å². The molecular weight excluding hydrogens is 226 g/mol. The quantitative estimate of drug-likeness (QED) is 0.749. The Labute approximate surface area is 109 Å². The largest absolute Gasteiger partial charge is 0.465 e. The minimum atomic E-state index is -0.269. The lowest BCUT2D eigenvalue weighted by atomic mass is 10.1. The van der Waals surface area contributed by atoms with Gasteiger partial charge in [-0.3, -0.25) is 4.90 Å². The first-order chi connectivity index (χ1) is 8.61. The van der Waals surface area contributed by atoms with Crippen LogP contribution in [0.1, 0.15) is 35.7 Å². The lowest BCUT2D eigenvalue weighted by Gasteiger charge is -2.24. The van der Waals surface area contributed by atoms with E-state index in [0.29, 0.717) is 11.6 Å². The van der Waals surface area contributed by atoms with Gasteiger partial charge in [-0.05, 0) is 50.4 Å². The minimum absolute atomic E-state index is 0.269. The van der Waals surface area contributed by atoms with Crippen LogP contribution in [-0.2, 0) is 11.3 Å². The fourth-order valence-corrected chi connectivity index (χ4v) is 2.28. The van der Waals surface area contributed by atoms with E-state index in [2.05, 4.69) is 24.9 Å². The molecule has 1 fully saturated rings. The highest BCUT2D eigenvalue weighted by Gasteiger charge is 2.30. The molecule has 1 aliphatic carbocycles. The van der Waals surface area contributed by atoms with Crippen molar-refractivity contribution in [3.63, 3.8) is 0 Å². The summed E-state index contributed by atoms with van der Waals surface area (Å²) >= 11 is 0. The summed E-state index contributed by atoms with van der Waals surface area (Å²) in [5, 5.41) is 0. The summed E-state index contributed by atoms with van der Waals surface area (Å²) in [4.78, 5) is 13.8. The van der Waals surface area contributed by atoms with E-state index >= 15 is 0 Å². The van der Waals surface area contributed by atoms with Crippen LogP contribution in [0.15, 0.2) is 24.3 Å². The molecule has 1 unspecified atom stereocenters. The van der Waals surface area contributed by atoms with Crippen molar-refractivity contribution in [1.82, 2.24) is 4.90 Å². The summed E-state index contributed by atoms with van der Waals surface area (Å²) in [6.07, 6.45) is 2.71. The van der Waals surface area contributed by atoms with E-state index in [4.69, 9.17) is 4.74 Å². The fourth-order valence-electron chi connectivity index (χ4n) is 2.28. The molecule has 2 rings (SSSR count). The molecule has 98 valence electrons. The van der Waals surface area contributed by atoms with Gasteiger partial charge in [-0.2, -0.15) is 0 Å². The number of benzene rings is 1. The van der Waals surface area contributed by atoms with E-state index in [-0.39, 0.29) is 5.97 Å². The Bertz CT molecular complexity index is 426. The molecule has 0 N–H and O–H groups in total. The van der Waals surface area contributed by atoms with Crippen molar-refractivity contribution in [3.05, 3.63) is 35.4 Å². The van der Waals surface area contributed by atoms with Crippen molar-refractivity contribution >= 4 is 5.97 Å².